The van der Waals surface area contributed by atoms with Gasteiger partial charge in [-0.1, -0.05) is 22.0 Å². The Labute approximate surface area is 112 Å². The zero-order valence-corrected chi connectivity index (χ0v) is 12.2. The van der Waals surface area contributed by atoms with Crippen molar-refractivity contribution in [1.29, 1.82) is 0 Å². The second kappa shape index (κ2) is 5.83. The Kier molecular flexibility index (Phi) is 4.40. The van der Waals surface area contributed by atoms with Crippen molar-refractivity contribution in [3.63, 3.8) is 0 Å². The van der Waals surface area contributed by atoms with E-state index in [4.69, 9.17) is 0 Å². The van der Waals surface area contributed by atoms with Crippen molar-refractivity contribution in [1.82, 2.24) is 9.88 Å². The van der Waals surface area contributed by atoms with Gasteiger partial charge in [0.2, 0.25) is 0 Å². The maximum Gasteiger partial charge on any atom is 0.128 e. The fourth-order valence-electron chi connectivity index (χ4n) is 2.34. The van der Waals surface area contributed by atoms with Crippen LogP contribution in [-0.2, 0) is 5.33 Å². The molecule has 0 aliphatic carbocycles. The summed E-state index contributed by atoms with van der Waals surface area (Å²) >= 11 is 3.44. The number of hydrogen-bond donors (Lipinski definition) is 0. The van der Waals surface area contributed by atoms with E-state index in [1.807, 2.05) is 6.20 Å². The lowest BCUT2D eigenvalue weighted by atomic mass is 10.2. The lowest BCUT2D eigenvalue weighted by Crippen LogP contribution is -2.36. The number of likely N-dealkylation sites (tertiary alicyclic amines) is 1. The number of hydrogen-bond acceptors (Lipinski definition) is 3. The minimum atomic E-state index is 0.678. The van der Waals surface area contributed by atoms with Gasteiger partial charge in [-0.05, 0) is 38.1 Å². The standard InChI is InChI=1S/C13H20BrN3/c1-16-7-3-4-12(16)10-17(2)13-6-5-11(8-14)9-15-13/h5-6,9,12H,3-4,7-8,10H2,1-2H3. The third kappa shape index (κ3) is 3.19. The average Bonchev–Trinajstić information content (AvgIpc) is 2.75. The maximum absolute atomic E-state index is 4.49. The number of rotatable bonds is 4. The molecule has 1 aromatic heterocycles. The Morgan fingerprint density at radius 2 is 2.35 bits per heavy atom. The summed E-state index contributed by atoms with van der Waals surface area (Å²) in [6, 6.07) is 4.91. The summed E-state index contributed by atoms with van der Waals surface area (Å²) < 4.78 is 0. The summed E-state index contributed by atoms with van der Waals surface area (Å²) in [6.45, 7) is 2.30. The molecular weight excluding hydrogens is 278 g/mol. The number of halogens is 1. The third-order valence-electron chi connectivity index (χ3n) is 3.51. The summed E-state index contributed by atoms with van der Waals surface area (Å²) in [5, 5.41) is 0.870. The molecule has 0 bridgehead atoms. The first-order valence-corrected chi connectivity index (χ1v) is 7.25. The molecule has 0 spiro atoms. The Morgan fingerprint density at radius 1 is 1.53 bits per heavy atom. The predicted octanol–water partition coefficient (Wildman–Crippen LogP) is 2.51. The Hall–Kier alpha value is -0.610. The maximum atomic E-state index is 4.49. The molecule has 0 aromatic carbocycles. The second-order valence-electron chi connectivity index (χ2n) is 4.82. The molecule has 2 rings (SSSR count). The second-order valence-corrected chi connectivity index (χ2v) is 5.38. The Balaban J connectivity index is 1.96. The number of likely N-dealkylation sites (N-methyl/N-ethyl adjacent to an activating group) is 2. The lowest BCUT2D eigenvalue weighted by Gasteiger charge is -2.26. The first-order chi connectivity index (χ1) is 8.20. The van der Waals surface area contributed by atoms with Gasteiger partial charge in [0.05, 0.1) is 0 Å². The molecule has 0 radical (unpaired) electrons. The van der Waals surface area contributed by atoms with E-state index in [2.05, 4.69) is 56.9 Å². The minimum absolute atomic E-state index is 0.678. The normalized spacial score (nSPS) is 20.8. The van der Waals surface area contributed by atoms with Gasteiger partial charge >= 0.3 is 0 Å². The van der Waals surface area contributed by atoms with Crippen molar-refractivity contribution < 1.29 is 0 Å². The van der Waals surface area contributed by atoms with Crippen molar-refractivity contribution in [2.45, 2.75) is 24.2 Å². The van der Waals surface area contributed by atoms with Crippen molar-refractivity contribution >= 4 is 21.7 Å². The van der Waals surface area contributed by atoms with Gasteiger partial charge in [0.15, 0.2) is 0 Å². The van der Waals surface area contributed by atoms with Crippen molar-refractivity contribution in [3.8, 4) is 0 Å². The van der Waals surface area contributed by atoms with Crippen LogP contribution in [0, 0.1) is 0 Å². The molecule has 94 valence electrons. The van der Waals surface area contributed by atoms with Gasteiger partial charge in [0.25, 0.3) is 0 Å². The molecule has 1 aromatic rings. The largest absolute Gasteiger partial charge is 0.358 e. The number of nitrogens with zero attached hydrogens (tertiary/aromatic N) is 3. The highest BCUT2D eigenvalue weighted by molar-refractivity contribution is 9.08. The molecule has 0 saturated carbocycles. The van der Waals surface area contributed by atoms with E-state index < -0.39 is 0 Å². The molecule has 4 heteroatoms. The van der Waals surface area contributed by atoms with Gasteiger partial charge in [-0.15, -0.1) is 0 Å². The Bertz CT molecular complexity index is 352. The molecule has 17 heavy (non-hydrogen) atoms. The van der Waals surface area contributed by atoms with E-state index in [1.165, 1.54) is 24.9 Å². The summed E-state index contributed by atoms with van der Waals surface area (Å²) in [5.74, 6) is 1.06. The highest BCUT2D eigenvalue weighted by atomic mass is 79.9. The van der Waals surface area contributed by atoms with Crippen LogP contribution in [0.5, 0.6) is 0 Å². The van der Waals surface area contributed by atoms with E-state index in [1.54, 1.807) is 0 Å². The summed E-state index contributed by atoms with van der Waals surface area (Å²) in [4.78, 5) is 9.20. The van der Waals surface area contributed by atoms with Gasteiger partial charge in [-0.25, -0.2) is 4.98 Å². The fraction of sp³-hybridized carbons (Fsp3) is 0.615. The molecular formula is C13H20BrN3. The number of anilines is 1. The summed E-state index contributed by atoms with van der Waals surface area (Å²) in [5.41, 5.74) is 1.22. The monoisotopic (exact) mass is 297 g/mol. The number of alkyl halides is 1. The van der Waals surface area contributed by atoms with E-state index in [9.17, 15) is 0 Å². The molecule has 0 N–H and O–H groups in total. The predicted molar refractivity (Wildman–Crippen MR) is 75.8 cm³/mol. The highest BCUT2D eigenvalue weighted by Crippen LogP contribution is 2.18. The first-order valence-electron chi connectivity index (χ1n) is 6.13. The molecule has 2 heterocycles. The zero-order chi connectivity index (χ0) is 12.3. The smallest absolute Gasteiger partial charge is 0.128 e. The van der Waals surface area contributed by atoms with E-state index in [-0.39, 0.29) is 0 Å². The minimum Gasteiger partial charge on any atom is -0.358 e. The Morgan fingerprint density at radius 3 is 2.88 bits per heavy atom. The summed E-state index contributed by atoms with van der Waals surface area (Å²) in [7, 11) is 4.34. The van der Waals surface area contributed by atoms with Crippen LogP contribution in [0.25, 0.3) is 0 Å². The first kappa shape index (κ1) is 12.8. The van der Waals surface area contributed by atoms with Gasteiger partial charge in [0.1, 0.15) is 5.82 Å². The lowest BCUT2D eigenvalue weighted by molar-refractivity contribution is 0.314. The van der Waals surface area contributed by atoms with Gasteiger partial charge in [-0.2, -0.15) is 0 Å². The van der Waals surface area contributed by atoms with Crippen molar-refractivity contribution in [2.24, 2.45) is 0 Å². The molecule has 1 aliphatic rings. The average molecular weight is 298 g/mol. The van der Waals surface area contributed by atoms with E-state index >= 15 is 0 Å². The topological polar surface area (TPSA) is 19.4 Å². The molecule has 1 saturated heterocycles. The van der Waals surface area contributed by atoms with Crippen LogP contribution in [0.3, 0.4) is 0 Å². The molecule has 1 aliphatic heterocycles. The number of aromatic nitrogens is 1. The van der Waals surface area contributed by atoms with Crippen LogP contribution in [0.4, 0.5) is 5.82 Å². The highest BCUT2D eigenvalue weighted by Gasteiger charge is 2.22. The molecule has 0 amide bonds. The van der Waals surface area contributed by atoms with Crippen molar-refractivity contribution in [2.75, 3.05) is 32.1 Å². The van der Waals surface area contributed by atoms with E-state index in [0.717, 1.165) is 17.7 Å². The molecule has 3 nitrogen and oxygen atoms in total. The van der Waals surface area contributed by atoms with Crippen molar-refractivity contribution in [3.05, 3.63) is 23.9 Å². The summed E-state index contributed by atoms with van der Waals surface area (Å²) in [6.07, 6.45) is 4.57. The van der Waals surface area contributed by atoms with E-state index in [0.29, 0.717) is 6.04 Å². The van der Waals surface area contributed by atoms with Gasteiger partial charge in [-0.3, -0.25) is 0 Å². The molecule has 1 fully saturated rings. The van der Waals surface area contributed by atoms with Crippen LogP contribution in [-0.4, -0.2) is 43.1 Å². The molecule has 1 atom stereocenters. The SMILES string of the molecule is CN(CC1CCCN1C)c1ccc(CBr)cn1. The van der Waals surface area contributed by atoms with Crippen LogP contribution >= 0.6 is 15.9 Å². The number of pyridine rings is 1. The van der Waals surface area contributed by atoms with Crippen LogP contribution in [0.1, 0.15) is 18.4 Å². The quantitative estimate of drug-likeness (QED) is 0.796. The third-order valence-corrected chi connectivity index (χ3v) is 4.16. The van der Waals surface area contributed by atoms with Gasteiger partial charge in [0, 0.05) is 31.2 Å². The van der Waals surface area contributed by atoms with Gasteiger partial charge < -0.3 is 9.80 Å². The fourth-order valence-corrected chi connectivity index (χ4v) is 2.67. The zero-order valence-electron chi connectivity index (χ0n) is 10.6. The van der Waals surface area contributed by atoms with Crippen LogP contribution in [0.15, 0.2) is 18.3 Å². The van der Waals surface area contributed by atoms with Crippen LogP contribution < -0.4 is 4.90 Å². The van der Waals surface area contributed by atoms with Crippen LogP contribution in [0.2, 0.25) is 0 Å². The molecule has 1 unspecified atom stereocenters.